The van der Waals surface area contributed by atoms with E-state index in [4.69, 9.17) is 4.42 Å². The van der Waals surface area contributed by atoms with Crippen molar-refractivity contribution in [2.45, 2.75) is 32.7 Å². The average molecular weight is 343 g/mol. The summed E-state index contributed by atoms with van der Waals surface area (Å²) in [6.07, 6.45) is 3.26. The molecule has 7 heteroatoms. The van der Waals surface area contributed by atoms with Crippen LogP contribution in [-0.2, 0) is 13.0 Å². The fraction of sp³-hybridized carbons (Fsp3) is 0.500. The maximum Gasteiger partial charge on any atom is 0.317 e. The van der Waals surface area contributed by atoms with Crippen LogP contribution >= 0.6 is 0 Å². The van der Waals surface area contributed by atoms with Gasteiger partial charge in [0.2, 0.25) is 11.8 Å². The monoisotopic (exact) mass is 343 g/mol. The molecule has 0 radical (unpaired) electrons. The number of carbonyl (C=O) groups excluding carboxylic acids is 1. The van der Waals surface area contributed by atoms with Crippen LogP contribution in [0.15, 0.2) is 28.7 Å². The van der Waals surface area contributed by atoms with E-state index < -0.39 is 0 Å². The summed E-state index contributed by atoms with van der Waals surface area (Å²) in [6, 6.07) is 8.45. The van der Waals surface area contributed by atoms with Crippen LogP contribution in [0.2, 0.25) is 0 Å². The molecule has 3 rings (SSSR count). The SMILES string of the molecule is Cc1nnc(CN(C)C(=O)NCCCN2CCCc3ccccc32)o1. The number of rotatable bonds is 6. The van der Waals surface area contributed by atoms with E-state index in [2.05, 4.69) is 44.7 Å². The number of fused-ring (bicyclic) bond motifs is 1. The van der Waals surface area contributed by atoms with Gasteiger partial charge in [-0.2, -0.15) is 0 Å². The molecule has 2 heterocycles. The second-order valence-corrected chi connectivity index (χ2v) is 6.38. The maximum absolute atomic E-state index is 12.1. The molecule has 0 bridgehead atoms. The zero-order valence-corrected chi connectivity index (χ0v) is 14.9. The highest BCUT2D eigenvalue weighted by Crippen LogP contribution is 2.26. The lowest BCUT2D eigenvalue weighted by molar-refractivity contribution is 0.201. The van der Waals surface area contributed by atoms with Crippen LogP contribution in [0.4, 0.5) is 10.5 Å². The molecule has 25 heavy (non-hydrogen) atoms. The number of nitrogens with zero attached hydrogens (tertiary/aromatic N) is 4. The zero-order valence-electron chi connectivity index (χ0n) is 14.9. The maximum atomic E-state index is 12.1. The molecule has 7 nitrogen and oxygen atoms in total. The van der Waals surface area contributed by atoms with Crippen molar-refractivity contribution in [1.29, 1.82) is 0 Å². The minimum atomic E-state index is -0.130. The Balaban J connectivity index is 1.40. The third-order valence-electron chi connectivity index (χ3n) is 4.37. The summed E-state index contributed by atoms with van der Waals surface area (Å²) in [7, 11) is 1.72. The second-order valence-electron chi connectivity index (χ2n) is 6.38. The number of aromatic nitrogens is 2. The molecule has 2 aromatic rings. The number of benzene rings is 1. The normalized spacial score (nSPS) is 13.4. The summed E-state index contributed by atoms with van der Waals surface area (Å²) in [5.74, 6) is 0.950. The van der Waals surface area contributed by atoms with Crippen molar-refractivity contribution < 1.29 is 9.21 Å². The molecule has 0 fully saturated rings. The van der Waals surface area contributed by atoms with Crippen molar-refractivity contribution in [3.05, 3.63) is 41.6 Å². The van der Waals surface area contributed by atoms with E-state index in [1.54, 1.807) is 18.9 Å². The van der Waals surface area contributed by atoms with Crippen LogP contribution in [0.5, 0.6) is 0 Å². The smallest absolute Gasteiger partial charge is 0.317 e. The summed E-state index contributed by atoms with van der Waals surface area (Å²) in [5.41, 5.74) is 2.76. The molecular weight excluding hydrogens is 318 g/mol. The van der Waals surface area contributed by atoms with Gasteiger partial charge in [-0.15, -0.1) is 10.2 Å². The molecule has 0 unspecified atom stereocenters. The Kier molecular flexibility index (Phi) is 5.53. The molecule has 1 N–H and O–H groups in total. The molecule has 1 aliphatic heterocycles. The first-order chi connectivity index (χ1) is 12.1. The van der Waals surface area contributed by atoms with E-state index >= 15 is 0 Å². The first kappa shape index (κ1) is 17.3. The topological polar surface area (TPSA) is 74.5 Å². The van der Waals surface area contributed by atoms with E-state index in [0.717, 1.165) is 25.9 Å². The highest BCUT2D eigenvalue weighted by molar-refractivity contribution is 5.73. The van der Waals surface area contributed by atoms with E-state index in [9.17, 15) is 4.79 Å². The van der Waals surface area contributed by atoms with Crippen LogP contribution in [0.1, 0.15) is 30.2 Å². The van der Waals surface area contributed by atoms with Crippen LogP contribution in [0.25, 0.3) is 0 Å². The lowest BCUT2D eigenvalue weighted by Crippen LogP contribution is -2.38. The number of hydrogen-bond acceptors (Lipinski definition) is 5. The molecule has 0 spiro atoms. The van der Waals surface area contributed by atoms with Gasteiger partial charge in [0.25, 0.3) is 0 Å². The van der Waals surface area contributed by atoms with Gasteiger partial charge in [-0.3, -0.25) is 0 Å². The predicted molar refractivity (Wildman–Crippen MR) is 95.5 cm³/mol. The van der Waals surface area contributed by atoms with Crippen LogP contribution in [0.3, 0.4) is 0 Å². The van der Waals surface area contributed by atoms with Crippen LogP contribution in [0, 0.1) is 6.92 Å². The molecule has 1 aliphatic rings. The van der Waals surface area contributed by atoms with E-state index in [-0.39, 0.29) is 6.03 Å². The van der Waals surface area contributed by atoms with Crippen molar-refractivity contribution in [1.82, 2.24) is 20.4 Å². The van der Waals surface area contributed by atoms with Gasteiger partial charge < -0.3 is 19.5 Å². The molecule has 2 amide bonds. The molecule has 134 valence electrons. The number of urea groups is 1. The third kappa shape index (κ3) is 4.49. The molecular formula is C18H25N5O2. The van der Waals surface area contributed by atoms with Gasteiger partial charge >= 0.3 is 6.03 Å². The van der Waals surface area contributed by atoms with E-state index in [0.29, 0.717) is 24.9 Å². The highest BCUT2D eigenvalue weighted by atomic mass is 16.4. The van der Waals surface area contributed by atoms with Gasteiger partial charge in [-0.25, -0.2) is 4.79 Å². The number of carbonyl (C=O) groups is 1. The number of anilines is 1. The van der Waals surface area contributed by atoms with Crippen LogP contribution in [-0.4, -0.2) is 47.8 Å². The minimum absolute atomic E-state index is 0.130. The van der Waals surface area contributed by atoms with Crippen molar-refractivity contribution in [2.24, 2.45) is 0 Å². The second kappa shape index (κ2) is 8.00. The first-order valence-electron chi connectivity index (χ1n) is 8.74. The fourth-order valence-corrected chi connectivity index (χ4v) is 3.12. The molecule has 0 saturated carbocycles. The molecule has 1 aromatic heterocycles. The van der Waals surface area contributed by atoms with Gasteiger partial charge in [0.15, 0.2) is 0 Å². The standard InChI is InChI=1S/C18H25N5O2/c1-14-20-21-17(25-14)13-22(2)18(24)19-10-6-12-23-11-5-8-15-7-3-4-9-16(15)23/h3-4,7,9H,5-6,8,10-13H2,1-2H3,(H,19,24). The Labute approximate surface area is 148 Å². The van der Waals surface area contributed by atoms with Gasteiger partial charge in [0.05, 0.1) is 0 Å². The Morgan fingerprint density at radius 3 is 3.00 bits per heavy atom. The summed E-state index contributed by atoms with van der Waals surface area (Å²) >= 11 is 0. The zero-order chi connectivity index (χ0) is 17.6. The van der Waals surface area contributed by atoms with E-state index in [1.165, 1.54) is 17.7 Å². The molecule has 0 saturated heterocycles. The van der Waals surface area contributed by atoms with Crippen molar-refractivity contribution in [3.8, 4) is 0 Å². The summed E-state index contributed by atoms with van der Waals surface area (Å²) in [5, 5.41) is 10.6. The summed E-state index contributed by atoms with van der Waals surface area (Å²) in [6.45, 7) is 4.72. The van der Waals surface area contributed by atoms with Gasteiger partial charge in [0, 0.05) is 39.3 Å². The number of para-hydroxylation sites is 1. The van der Waals surface area contributed by atoms with Crippen molar-refractivity contribution >= 4 is 11.7 Å². The van der Waals surface area contributed by atoms with Crippen molar-refractivity contribution in [3.63, 3.8) is 0 Å². The molecule has 0 aliphatic carbocycles. The summed E-state index contributed by atoms with van der Waals surface area (Å²) in [4.78, 5) is 16.1. The Morgan fingerprint density at radius 1 is 1.36 bits per heavy atom. The number of nitrogens with one attached hydrogen (secondary N) is 1. The number of hydrogen-bond donors (Lipinski definition) is 1. The van der Waals surface area contributed by atoms with Gasteiger partial charge in [0.1, 0.15) is 6.54 Å². The minimum Gasteiger partial charge on any atom is -0.424 e. The average Bonchev–Trinajstić information content (AvgIpc) is 3.03. The number of aryl methyl sites for hydroxylation is 2. The quantitative estimate of drug-likeness (QED) is 0.815. The lowest BCUT2D eigenvalue weighted by atomic mass is 10.0. The molecule has 0 atom stereocenters. The fourth-order valence-electron chi connectivity index (χ4n) is 3.12. The first-order valence-corrected chi connectivity index (χ1v) is 8.74. The third-order valence-corrected chi connectivity index (χ3v) is 4.37. The number of amides is 2. The largest absolute Gasteiger partial charge is 0.424 e. The Morgan fingerprint density at radius 2 is 2.20 bits per heavy atom. The highest BCUT2D eigenvalue weighted by Gasteiger charge is 2.16. The van der Waals surface area contributed by atoms with E-state index in [1.807, 2.05) is 0 Å². The molecule has 1 aromatic carbocycles. The lowest BCUT2D eigenvalue weighted by Gasteiger charge is -2.31. The van der Waals surface area contributed by atoms with Gasteiger partial charge in [-0.1, -0.05) is 18.2 Å². The predicted octanol–water partition coefficient (Wildman–Crippen LogP) is 2.36. The Hall–Kier alpha value is -2.57. The van der Waals surface area contributed by atoms with Crippen LogP contribution < -0.4 is 10.2 Å². The Bertz CT molecular complexity index is 715. The summed E-state index contributed by atoms with van der Waals surface area (Å²) < 4.78 is 5.29. The van der Waals surface area contributed by atoms with Crippen molar-refractivity contribution in [2.75, 3.05) is 31.6 Å². The van der Waals surface area contributed by atoms with Gasteiger partial charge in [-0.05, 0) is 30.9 Å².